The van der Waals surface area contributed by atoms with Gasteiger partial charge in [0.05, 0.1) is 25.4 Å². The molecular formula is C66H123NO9. The number of hydrogen-bond acceptors (Lipinski definition) is 9. The fourth-order valence-corrected chi connectivity index (χ4v) is 10.3. The molecule has 1 saturated heterocycles. The molecule has 1 amide bonds. The van der Waals surface area contributed by atoms with Gasteiger partial charge in [-0.25, -0.2) is 0 Å². The van der Waals surface area contributed by atoms with Crippen molar-refractivity contribution >= 4 is 5.91 Å². The molecule has 1 aliphatic heterocycles. The van der Waals surface area contributed by atoms with Crippen LogP contribution in [-0.4, -0.2) is 98.7 Å². The molecule has 0 aromatic carbocycles. The molecule has 0 radical (unpaired) electrons. The van der Waals surface area contributed by atoms with Gasteiger partial charge in [-0.1, -0.05) is 281 Å². The molecular weight excluding hydrogens is 951 g/mol. The standard InChI is InChI=1S/C66H123NO9/c1-3-5-7-9-11-13-15-17-18-19-20-21-22-23-24-25-26-27-28-29-30-31-32-33-34-35-36-37-38-39-40-41-43-45-47-49-51-53-55-60(70)65(74)67-58(57-75-66-64(73)63(72)62(71)61(56-68)76-66)59(69)54-52-50-48-46-44-42-16-14-12-10-8-6-4-2/h12,14,29-30,44,46,52,54,58-64,66,68-73H,3-11,13,15-28,31-43,45,47-51,53,55-57H2,1-2H3,(H,67,74)/b14-12+,30-29-,46-44+,54-52+. The minimum atomic E-state index is -1.62. The van der Waals surface area contributed by atoms with Crippen LogP contribution in [0.4, 0.5) is 0 Å². The summed E-state index contributed by atoms with van der Waals surface area (Å²) in [5.41, 5.74) is 0. The number of ether oxygens (including phenoxy) is 2. The summed E-state index contributed by atoms with van der Waals surface area (Å²) in [4.78, 5) is 13.1. The van der Waals surface area contributed by atoms with Gasteiger partial charge in [-0.2, -0.15) is 0 Å². The molecule has 1 rings (SSSR count). The Bertz CT molecular complexity index is 1350. The number of hydrogen-bond donors (Lipinski definition) is 7. The number of aliphatic hydroxyl groups is 6. The number of carbonyl (C=O) groups is 1. The topological polar surface area (TPSA) is 169 Å². The maximum Gasteiger partial charge on any atom is 0.249 e. The molecule has 0 aliphatic carbocycles. The average molecular weight is 1070 g/mol. The van der Waals surface area contributed by atoms with Crippen LogP contribution in [0.1, 0.15) is 303 Å². The van der Waals surface area contributed by atoms with Gasteiger partial charge in [-0.15, -0.1) is 0 Å². The summed E-state index contributed by atoms with van der Waals surface area (Å²) in [6.07, 6.45) is 64.2. The van der Waals surface area contributed by atoms with Crippen LogP contribution in [0.15, 0.2) is 48.6 Å². The average Bonchev–Trinajstić information content (AvgIpc) is 3.42. The van der Waals surface area contributed by atoms with Crippen molar-refractivity contribution in [3.63, 3.8) is 0 Å². The molecule has 0 saturated carbocycles. The second kappa shape index (κ2) is 55.0. The largest absolute Gasteiger partial charge is 0.394 e. The Morgan fingerprint density at radius 2 is 0.776 bits per heavy atom. The lowest BCUT2D eigenvalue weighted by molar-refractivity contribution is -0.302. The predicted octanol–water partition coefficient (Wildman–Crippen LogP) is 15.8. The van der Waals surface area contributed by atoms with Crippen molar-refractivity contribution in [1.29, 1.82) is 0 Å². The van der Waals surface area contributed by atoms with Crippen molar-refractivity contribution in [2.45, 2.75) is 352 Å². The SMILES string of the molecule is CCCCC/C=C/CC/C=C/CC/C=C/C(O)C(COC1OC(CO)C(O)C(O)C1O)NC(=O)C(O)CCCCCCCCCCCCCCCCCC/C=C\CCCCCCCCCCCCCCCCCCCC. The molecule has 0 aromatic heterocycles. The van der Waals surface area contributed by atoms with E-state index in [2.05, 4.69) is 55.6 Å². The van der Waals surface area contributed by atoms with E-state index in [-0.39, 0.29) is 6.61 Å². The quantitative estimate of drug-likeness (QED) is 0.0232. The molecule has 446 valence electrons. The summed E-state index contributed by atoms with van der Waals surface area (Å²) in [6.45, 7) is 3.58. The first-order chi connectivity index (χ1) is 37.3. The van der Waals surface area contributed by atoms with Crippen LogP contribution in [0, 0.1) is 0 Å². The minimum Gasteiger partial charge on any atom is -0.394 e. The van der Waals surface area contributed by atoms with Crippen molar-refractivity contribution in [2.24, 2.45) is 0 Å². The van der Waals surface area contributed by atoms with E-state index in [1.54, 1.807) is 6.08 Å². The van der Waals surface area contributed by atoms with Crippen LogP contribution >= 0.6 is 0 Å². The third kappa shape index (κ3) is 43.0. The van der Waals surface area contributed by atoms with Gasteiger partial charge in [0, 0.05) is 0 Å². The van der Waals surface area contributed by atoms with Crippen molar-refractivity contribution in [2.75, 3.05) is 13.2 Å². The predicted molar refractivity (Wildman–Crippen MR) is 319 cm³/mol. The molecule has 0 spiro atoms. The zero-order chi connectivity index (χ0) is 55.2. The summed E-state index contributed by atoms with van der Waals surface area (Å²) in [5, 5.41) is 64.9. The monoisotopic (exact) mass is 1070 g/mol. The van der Waals surface area contributed by atoms with E-state index in [0.29, 0.717) is 19.3 Å². The van der Waals surface area contributed by atoms with Gasteiger partial charge in [0.1, 0.15) is 30.5 Å². The van der Waals surface area contributed by atoms with Crippen molar-refractivity contribution in [3.8, 4) is 0 Å². The summed E-state index contributed by atoms with van der Waals surface area (Å²) < 4.78 is 11.2. The Balaban J connectivity index is 2.08. The van der Waals surface area contributed by atoms with Gasteiger partial charge in [-0.3, -0.25) is 4.79 Å². The number of carbonyl (C=O) groups excluding carboxylic acids is 1. The number of aliphatic hydroxyl groups excluding tert-OH is 6. The lowest BCUT2D eigenvalue weighted by atomic mass is 9.99. The van der Waals surface area contributed by atoms with E-state index < -0.39 is 61.5 Å². The first-order valence-corrected chi connectivity index (χ1v) is 32.5. The number of unbranched alkanes of at least 4 members (excludes halogenated alkanes) is 39. The molecule has 10 nitrogen and oxygen atoms in total. The molecule has 8 unspecified atom stereocenters. The van der Waals surface area contributed by atoms with Crippen LogP contribution in [-0.2, 0) is 14.3 Å². The summed E-state index contributed by atoms with van der Waals surface area (Å²) in [7, 11) is 0. The summed E-state index contributed by atoms with van der Waals surface area (Å²) in [5.74, 6) is -0.628. The summed E-state index contributed by atoms with van der Waals surface area (Å²) in [6, 6.07) is -1.00. The molecule has 1 aliphatic rings. The first-order valence-electron chi connectivity index (χ1n) is 32.5. The highest BCUT2D eigenvalue weighted by atomic mass is 16.7. The third-order valence-corrected chi connectivity index (χ3v) is 15.5. The van der Waals surface area contributed by atoms with Crippen molar-refractivity contribution in [1.82, 2.24) is 5.32 Å². The van der Waals surface area contributed by atoms with Gasteiger partial charge >= 0.3 is 0 Å². The van der Waals surface area contributed by atoms with Crippen LogP contribution in [0.2, 0.25) is 0 Å². The molecule has 0 bridgehead atoms. The van der Waals surface area contributed by atoms with E-state index in [1.807, 2.05) is 6.08 Å². The van der Waals surface area contributed by atoms with Crippen molar-refractivity contribution in [3.05, 3.63) is 48.6 Å². The van der Waals surface area contributed by atoms with Crippen LogP contribution in [0.5, 0.6) is 0 Å². The molecule has 1 fully saturated rings. The lowest BCUT2D eigenvalue weighted by Crippen LogP contribution is -2.60. The zero-order valence-corrected chi connectivity index (χ0v) is 49.4. The van der Waals surface area contributed by atoms with Gasteiger partial charge in [0.2, 0.25) is 5.91 Å². The summed E-state index contributed by atoms with van der Waals surface area (Å²) >= 11 is 0. The van der Waals surface area contributed by atoms with Crippen LogP contribution < -0.4 is 5.32 Å². The second-order valence-electron chi connectivity index (χ2n) is 22.7. The van der Waals surface area contributed by atoms with E-state index in [0.717, 1.165) is 44.9 Å². The number of nitrogens with one attached hydrogen (secondary N) is 1. The lowest BCUT2D eigenvalue weighted by Gasteiger charge is -2.40. The Hall–Kier alpha value is -1.89. The van der Waals surface area contributed by atoms with Crippen molar-refractivity contribution < 1.29 is 44.9 Å². The molecule has 0 aromatic rings. The second-order valence-corrected chi connectivity index (χ2v) is 22.7. The van der Waals surface area contributed by atoms with E-state index in [9.17, 15) is 35.4 Å². The number of allylic oxidation sites excluding steroid dienone is 7. The van der Waals surface area contributed by atoms with Gasteiger partial charge in [0.25, 0.3) is 0 Å². The van der Waals surface area contributed by atoms with Gasteiger partial charge < -0.3 is 45.4 Å². The van der Waals surface area contributed by atoms with Gasteiger partial charge in [-0.05, 0) is 70.6 Å². The van der Waals surface area contributed by atoms with E-state index in [4.69, 9.17) is 9.47 Å². The number of rotatable bonds is 56. The highest BCUT2D eigenvalue weighted by Crippen LogP contribution is 2.23. The Labute approximate surface area is 467 Å². The molecule has 1 heterocycles. The third-order valence-electron chi connectivity index (χ3n) is 15.5. The fraction of sp³-hybridized carbons (Fsp3) is 0.864. The Kier molecular flexibility index (Phi) is 52.2. The van der Waals surface area contributed by atoms with E-state index in [1.165, 1.54) is 225 Å². The minimum absolute atomic E-state index is 0.302. The first kappa shape index (κ1) is 72.1. The Morgan fingerprint density at radius 3 is 1.17 bits per heavy atom. The smallest absolute Gasteiger partial charge is 0.249 e. The highest BCUT2D eigenvalue weighted by Gasteiger charge is 2.44. The van der Waals surface area contributed by atoms with Crippen LogP contribution in [0.25, 0.3) is 0 Å². The van der Waals surface area contributed by atoms with E-state index >= 15 is 0 Å². The molecule has 8 atom stereocenters. The zero-order valence-electron chi connectivity index (χ0n) is 49.4. The van der Waals surface area contributed by atoms with Crippen LogP contribution in [0.3, 0.4) is 0 Å². The fourth-order valence-electron chi connectivity index (χ4n) is 10.3. The normalized spacial score (nSPS) is 19.5. The highest BCUT2D eigenvalue weighted by molar-refractivity contribution is 5.80. The number of amides is 1. The molecule has 76 heavy (non-hydrogen) atoms. The Morgan fingerprint density at radius 1 is 0.447 bits per heavy atom. The maximum atomic E-state index is 13.1. The molecule has 7 N–H and O–H groups in total. The molecule has 10 heteroatoms. The van der Waals surface area contributed by atoms with Gasteiger partial charge in [0.15, 0.2) is 6.29 Å². The maximum absolute atomic E-state index is 13.1.